The molecular formula is C21H25N5O3. The number of amides is 1. The standard InChI is InChI=1S/C21H25N5O3/c1-13-5-20(24-14(2)23-13)25-9-16-7-17(10-25)26(16)11-21(27)22-8-15-3-4-18-19(6-15)29-12-28-18/h3-6,16-17H,7-12H2,1-2H3,(H,22,27). The first-order chi connectivity index (χ1) is 14.0. The highest BCUT2D eigenvalue weighted by molar-refractivity contribution is 5.78. The van der Waals surface area contributed by atoms with Gasteiger partial charge in [0.05, 0.1) is 6.54 Å². The Labute approximate surface area is 169 Å². The third kappa shape index (κ3) is 3.60. The van der Waals surface area contributed by atoms with Gasteiger partial charge in [-0.05, 0) is 38.0 Å². The number of benzene rings is 1. The van der Waals surface area contributed by atoms with Crippen molar-refractivity contribution in [3.63, 3.8) is 0 Å². The number of nitrogens with zero attached hydrogens (tertiary/aromatic N) is 4. The second-order valence-corrected chi connectivity index (χ2v) is 8.00. The number of carbonyl (C=O) groups excluding carboxylic acids is 1. The van der Waals surface area contributed by atoms with E-state index < -0.39 is 0 Å². The van der Waals surface area contributed by atoms with Crippen molar-refractivity contribution < 1.29 is 14.3 Å². The van der Waals surface area contributed by atoms with E-state index in [1.165, 1.54) is 0 Å². The summed E-state index contributed by atoms with van der Waals surface area (Å²) in [7, 11) is 0. The third-order valence-corrected chi connectivity index (χ3v) is 5.87. The molecule has 4 aliphatic heterocycles. The summed E-state index contributed by atoms with van der Waals surface area (Å²) in [5.41, 5.74) is 2.00. The van der Waals surface area contributed by atoms with Crippen molar-refractivity contribution in [3.05, 3.63) is 41.3 Å². The van der Waals surface area contributed by atoms with E-state index in [0.717, 1.165) is 53.9 Å². The Morgan fingerprint density at radius 2 is 1.93 bits per heavy atom. The molecule has 8 nitrogen and oxygen atoms in total. The number of nitrogens with one attached hydrogen (secondary N) is 1. The molecule has 1 aromatic carbocycles. The van der Waals surface area contributed by atoms with Gasteiger partial charge in [0, 0.05) is 43.5 Å². The zero-order valence-corrected chi connectivity index (χ0v) is 16.7. The molecule has 0 radical (unpaired) electrons. The van der Waals surface area contributed by atoms with E-state index in [1.807, 2.05) is 38.1 Å². The fourth-order valence-electron chi connectivity index (χ4n) is 4.47. The van der Waals surface area contributed by atoms with Crippen molar-refractivity contribution in [3.8, 4) is 11.5 Å². The van der Waals surface area contributed by atoms with Gasteiger partial charge >= 0.3 is 0 Å². The summed E-state index contributed by atoms with van der Waals surface area (Å²) in [5.74, 6) is 3.35. The Morgan fingerprint density at radius 3 is 2.72 bits per heavy atom. The van der Waals surface area contributed by atoms with Gasteiger partial charge in [0.25, 0.3) is 0 Å². The topological polar surface area (TPSA) is 79.8 Å². The Kier molecular flexibility index (Phi) is 4.50. The van der Waals surface area contributed by atoms with Crippen LogP contribution >= 0.6 is 0 Å². The number of piperidine rings is 1. The van der Waals surface area contributed by atoms with E-state index in [-0.39, 0.29) is 12.7 Å². The molecule has 2 aromatic rings. The van der Waals surface area contributed by atoms with Gasteiger partial charge < -0.3 is 19.7 Å². The highest BCUT2D eigenvalue weighted by Crippen LogP contribution is 2.34. The molecule has 4 aliphatic rings. The number of ether oxygens (including phenoxy) is 2. The number of hydrogen-bond donors (Lipinski definition) is 1. The van der Waals surface area contributed by atoms with E-state index in [9.17, 15) is 4.79 Å². The number of aromatic nitrogens is 2. The molecule has 1 amide bonds. The maximum absolute atomic E-state index is 12.5. The number of fused-ring (bicyclic) bond motifs is 3. The molecule has 1 N–H and O–H groups in total. The van der Waals surface area contributed by atoms with Crippen LogP contribution in [0, 0.1) is 13.8 Å². The molecule has 8 heteroatoms. The minimum atomic E-state index is 0.0551. The van der Waals surface area contributed by atoms with Gasteiger partial charge in [-0.3, -0.25) is 9.69 Å². The lowest BCUT2D eigenvalue weighted by Crippen LogP contribution is -2.70. The lowest BCUT2D eigenvalue weighted by atomic mass is 9.87. The quantitative estimate of drug-likeness (QED) is 0.820. The number of anilines is 1. The highest BCUT2D eigenvalue weighted by atomic mass is 16.7. The number of carbonyl (C=O) groups is 1. The minimum Gasteiger partial charge on any atom is -0.454 e. The molecule has 2 bridgehead atoms. The molecule has 0 aliphatic carbocycles. The number of rotatable bonds is 5. The zero-order chi connectivity index (χ0) is 20.0. The predicted molar refractivity (Wildman–Crippen MR) is 107 cm³/mol. The molecule has 2 atom stereocenters. The van der Waals surface area contributed by atoms with Gasteiger partial charge in [-0.15, -0.1) is 0 Å². The van der Waals surface area contributed by atoms with Crippen LogP contribution in [0.25, 0.3) is 0 Å². The Hall–Kier alpha value is -2.87. The van der Waals surface area contributed by atoms with Crippen LogP contribution < -0.4 is 19.7 Å². The van der Waals surface area contributed by atoms with Crippen molar-refractivity contribution in [1.82, 2.24) is 20.2 Å². The third-order valence-electron chi connectivity index (χ3n) is 5.87. The summed E-state index contributed by atoms with van der Waals surface area (Å²) >= 11 is 0. The van der Waals surface area contributed by atoms with Crippen LogP contribution in [0.4, 0.5) is 5.82 Å². The fraction of sp³-hybridized carbons (Fsp3) is 0.476. The van der Waals surface area contributed by atoms with Gasteiger partial charge in [-0.2, -0.15) is 0 Å². The molecule has 2 unspecified atom stereocenters. The first kappa shape index (κ1) is 18.2. The van der Waals surface area contributed by atoms with E-state index in [4.69, 9.17) is 9.47 Å². The zero-order valence-electron chi connectivity index (χ0n) is 16.7. The van der Waals surface area contributed by atoms with Gasteiger partial charge in [-0.25, -0.2) is 9.97 Å². The van der Waals surface area contributed by atoms with E-state index >= 15 is 0 Å². The van der Waals surface area contributed by atoms with Crippen molar-refractivity contribution in [2.24, 2.45) is 0 Å². The molecule has 1 aromatic heterocycles. The summed E-state index contributed by atoms with van der Waals surface area (Å²) in [6.45, 7) is 6.93. The summed E-state index contributed by atoms with van der Waals surface area (Å²) in [6.07, 6.45) is 1.15. The van der Waals surface area contributed by atoms with Crippen LogP contribution in [0.3, 0.4) is 0 Å². The van der Waals surface area contributed by atoms with Gasteiger partial charge in [0.1, 0.15) is 11.6 Å². The smallest absolute Gasteiger partial charge is 0.234 e. The maximum Gasteiger partial charge on any atom is 0.234 e. The van der Waals surface area contributed by atoms with Gasteiger partial charge in [-0.1, -0.05) is 6.07 Å². The average molecular weight is 395 g/mol. The van der Waals surface area contributed by atoms with Gasteiger partial charge in [0.2, 0.25) is 12.7 Å². The number of hydrogen-bond acceptors (Lipinski definition) is 7. The van der Waals surface area contributed by atoms with Crippen molar-refractivity contribution >= 4 is 11.7 Å². The predicted octanol–water partition coefficient (Wildman–Crippen LogP) is 1.40. The average Bonchev–Trinajstić information content (AvgIpc) is 3.17. The molecule has 3 fully saturated rings. The lowest BCUT2D eigenvalue weighted by molar-refractivity contribution is -0.127. The van der Waals surface area contributed by atoms with Crippen molar-refractivity contribution in [1.29, 1.82) is 0 Å². The van der Waals surface area contributed by atoms with Crippen LogP contribution in [0.5, 0.6) is 11.5 Å². The second kappa shape index (κ2) is 7.18. The van der Waals surface area contributed by atoms with Crippen LogP contribution in [0.15, 0.2) is 24.3 Å². The van der Waals surface area contributed by atoms with Crippen molar-refractivity contribution in [2.45, 2.75) is 38.9 Å². The Morgan fingerprint density at radius 1 is 1.14 bits per heavy atom. The van der Waals surface area contributed by atoms with Crippen molar-refractivity contribution in [2.75, 3.05) is 31.3 Å². The molecule has 0 spiro atoms. The second-order valence-electron chi connectivity index (χ2n) is 8.00. The molecule has 3 saturated heterocycles. The summed E-state index contributed by atoms with van der Waals surface area (Å²) < 4.78 is 10.7. The van der Waals surface area contributed by atoms with E-state index in [0.29, 0.717) is 25.2 Å². The first-order valence-electron chi connectivity index (χ1n) is 10.0. The summed E-state index contributed by atoms with van der Waals surface area (Å²) in [6, 6.07) is 8.61. The van der Waals surface area contributed by atoms with Crippen LogP contribution in [-0.2, 0) is 11.3 Å². The molecule has 152 valence electrons. The van der Waals surface area contributed by atoms with E-state index in [1.54, 1.807) is 0 Å². The number of piperazine rings is 1. The van der Waals surface area contributed by atoms with E-state index in [2.05, 4.69) is 25.1 Å². The highest BCUT2D eigenvalue weighted by Gasteiger charge is 2.45. The molecule has 5 heterocycles. The van der Waals surface area contributed by atoms with Crippen LogP contribution in [-0.4, -0.2) is 59.3 Å². The molecule has 0 saturated carbocycles. The molecular weight excluding hydrogens is 370 g/mol. The fourth-order valence-corrected chi connectivity index (χ4v) is 4.47. The molecule has 29 heavy (non-hydrogen) atoms. The van der Waals surface area contributed by atoms with Gasteiger partial charge in [0.15, 0.2) is 11.5 Å². The minimum absolute atomic E-state index is 0.0551. The molecule has 6 rings (SSSR count). The SMILES string of the molecule is Cc1cc(N2CC3CC(C2)N3CC(=O)NCc2ccc3c(c2)OCO3)nc(C)n1. The normalized spacial score (nSPS) is 22.3. The lowest BCUT2D eigenvalue weighted by Gasteiger charge is -2.56. The summed E-state index contributed by atoms with van der Waals surface area (Å²) in [5, 5.41) is 3.03. The Balaban J connectivity index is 1.14. The number of aryl methyl sites for hydroxylation is 2. The largest absolute Gasteiger partial charge is 0.454 e. The summed E-state index contributed by atoms with van der Waals surface area (Å²) in [4.78, 5) is 26.1. The Bertz CT molecular complexity index is 918. The monoisotopic (exact) mass is 395 g/mol. The first-order valence-corrected chi connectivity index (χ1v) is 10.0. The maximum atomic E-state index is 12.5. The van der Waals surface area contributed by atoms with Crippen LogP contribution in [0.2, 0.25) is 0 Å². The van der Waals surface area contributed by atoms with Crippen LogP contribution in [0.1, 0.15) is 23.5 Å².